The summed E-state index contributed by atoms with van der Waals surface area (Å²) in [5.41, 5.74) is 3.59. The van der Waals surface area contributed by atoms with Gasteiger partial charge in [-0.2, -0.15) is 5.10 Å². The van der Waals surface area contributed by atoms with Crippen molar-refractivity contribution in [2.75, 3.05) is 0 Å². The molecule has 0 spiro atoms. The fourth-order valence-corrected chi connectivity index (χ4v) is 5.02. The first-order chi connectivity index (χ1) is 10.1. The van der Waals surface area contributed by atoms with Gasteiger partial charge in [0.05, 0.1) is 22.0 Å². The number of halogens is 1. The SMILES string of the molecule is CCc1nn(C)c(CC(O)c2cc3c(s2)CCCC3)c1Br. The molecule has 5 heteroatoms. The highest BCUT2D eigenvalue weighted by atomic mass is 79.9. The average Bonchev–Trinajstić information content (AvgIpc) is 3.03. The average molecular weight is 369 g/mol. The van der Waals surface area contributed by atoms with E-state index in [9.17, 15) is 5.11 Å². The first-order valence-corrected chi connectivity index (χ1v) is 9.20. The van der Waals surface area contributed by atoms with Crippen LogP contribution in [0.5, 0.6) is 0 Å². The van der Waals surface area contributed by atoms with Gasteiger partial charge in [-0.15, -0.1) is 11.3 Å². The molecular weight excluding hydrogens is 348 g/mol. The van der Waals surface area contributed by atoms with Crippen LogP contribution in [0.2, 0.25) is 0 Å². The van der Waals surface area contributed by atoms with Crippen molar-refractivity contribution in [1.82, 2.24) is 9.78 Å². The van der Waals surface area contributed by atoms with Crippen molar-refractivity contribution >= 4 is 27.3 Å². The molecule has 0 saturated carbocycles. The van der Waals surface area contributed by atoms with Gasteiger partial charge in [-0.3, -0.25) is 4.68 Å². The quantitative estimate of drug-likeness (QED) is 0.886. The maximum absolute atomic E-state index is 10.6. The zero-order chi connectivity index (χ0) is 15.0. The fourth-order valence-electron chi connectivity index (χ4n) is 3.00. The van der Waals surface area contributed by atoms with Crippen LogP contribution in [0.3, 0.4) is 0 Å². The lowest BCUT2D eigenvalue weighted by molar-refractivity contribution is 0.179. The van der Waals surface area contributed by atoms with Crippen LogP contribution < -0.4 is 0 Å². The molecule has 0 radical (unpaired) electrons. The molecule has 0 aromatic carbocycles. The fraction of sp³-hybridized carbons (Fsp3) is 0.562. The van der Waals surface area contributed by atoms with Gasteiger partial charge >= 0.3 is 0 Å². The van der Waals surface area contributed by atoms with Crippen LogP contribution in [0.1, 0.15) is 52.6 Å². The van der Waals surface area contributed by atoms with Crippen LogP contribution in [0.15, 0.2) is 10.5 Å². The van der Waals surface area contributed by atoms with Crippen LogP contribution in [0, 0.1) is 0 Å². The Morgan fingerprint density at radius 3 is 2.86 bits per heavy atom. The van der Waals surface area contributed by atoms with Crippen molar-refractivity contribution < 1.29 is 5.11 Å². The highest BCUT2D eigenvalue weighted by Crippen LogP contribution is 2.35. The van der Waals surface area contributed by atoms with E-state index in [1.165, 1.54) is 36.1 Å². The van der Waals surface area contributed by atoms with E-state index < -0.39 is 6.10 Å². The molecule has 2 heterocycles. The Morgan fingerprint density at radius 2 is 2.19 bits per heavy atom. The van der Waals surface area contributed by atoms with Gasteiger partial charge in [-0.05, 0) is 59.7 Å². The maximum Gasteiger partial charge on any atom is 0.0937 e. The van der Waals surface area contributed by atoms with E-state index in [0.717, 1.165) is 27.2 Å². The van der Waals surface area contributed by atoms with Gasteiger partial charge in [0.25, 0.3) is 0 Å². The summed E-state index contributed by atoms with van der Waals surface area (Å²) in [6.45, 7) is 2.10. The van der Waals surface area contributed by atoms with Crippen molar-refractivity contribution in [2.45, 2.75) is 51.6 Å². The Balaban J connectivity index is 1.81. The van der Waals surface area contributed by atoms with Gasteiger partial charge in [0.15, 0.2) is 0 Å². The first kappa shape index (κ1) is 15.3. The summed E-state index contributed by atoms with van der Waals surface area (Å²) in [5, 5.41) is 15.1. The van der Waals surface area contributed by atoms with E-state index in [0.29, 0.717) is 6.42 Å². The third-order valence-electron chi connectivity index (χ3n) is 4.23. The molecule has 0 fully saturated rings. The second kappa shape index (κ2) is 6.23. The monoisotopic (exact) mass is 368 g/mol. The number of fused-ring (bicyclic) bond motifs is 1. The lowest BCUT2D eigenvalue weighted by Gasteiger charge is -2.09. The van der Waals surface area contributed by atoms with Crippen LogP contribution in [-0.2, 0) is 32.7 Å². The molecule has 2 aromatic heterocycles. The largest absolute Gasteiger partial charge is 0.387 e. The third-order valence-corrected chi connectivity index (χ3v) is 6.49. The van der Waals surface area contributed by atoms with Gasteiger partial charge < -0.3 is 5.11 Å². The summed E-state index contributed by atoms with van der Waals surface area (Å²) in [7, 11) is 1.95. The molecule has 21 heavy (non-hydrogen) atoms. The standard InChI is InChI=1S/C16H21BrN2OS/c1-3-11-16(17)12(19(2)18-11)9-13(20)15-8-10-6-4-5-7-14(10)21-15/h8,13,20H,3-7,9H2,1-2H3. The summed E-state index contributed by atoms with van der Waals surface area (Å²) in [6, 6.07) is 2.22. The first-order valence-electron chi connectivity index (χ1n) is 7.60. The summed E-state index contributed by atoms with van der Waals surface area (Å²) in [4.78, 5) is 2.58. The van der Waals surface area contributed by atoms with E-state index in [-0.39, 0.29) is 0 Å². The molecule has 1 atom stereocenters. The molecule has 0 aliphatic heterocycles. The number of aromatic nitrogens is 2. The predicted octanol–water partition coefficient (Wildman–Crippen LogP) is 3.96. The zero-order valence-corrected chi connectivity index (χ0v) is 14.9. The molecule has 3 nitrogen and oxygen atoms in total. The van der Waals surface area contributed by atoms with Gasteiger partial charge in [-0.25, -0.2) is 0 Å². The zero-order valence-electron chi connectivity index (χ0n) is 12.5. The minimum Gasteiger partial charge on any atom is -0.387 e. The molecule has 1 aliphatic carbocycles. The Labute approximate surface area is 138 Å². The summed E-state index contributed by atoms with van der Waals surface area (Å²) in [5.74, 6) is 0. The minimum absolute atomic E-state index is 0.433. The number of aliphatic hydroxyl groups is 1. The summed E-state index contributed by atoms with van der Waals surface area (Å²) in [6.07, 6.45) is 6.01. The van der Waals surface area contributed by atoms with Crippen molar-refractivity contribution in [3.8, 4) is 0 Å². The number of hydrogen-bond donors (Lipinski definition) is 1. The molecule has 1 unspecified atom stereocenters. The number of aliphatic hydroxyl groups excluding tert-OH is 1. The third kappa shape index (κ3) is 2.96. The highest BCUT2D eigenvalue weighted by Gasteiger charge is 2.21. The number of nitrogens with zero attached hydrogens (tertiary/aromatic N) is 2. The number of thiophene rings is 1. The predicted molar refractivity (Wildman–Crippen MR) is 89.9 cm³/mol. The van der Waals surface area contributed by atoms with Gasteiger partial charge in [0.1, 0.15) is 0 Å². The van der Waals surface area contributed by atoms with Crippen molar-refractivity contribution in [3.05, 3.63) is 37.2 Å². The number of hydrogen-bond acceptors (Lipinski definition) is 3. The Kier molecular flexibility index (Phi) is 4.52. The Bertz CT molecular complexity index is 623. The Morgan fingerprint density at radius 1 is 1.43 bits per heavy atom. The van der Waals surface area contributed by atoms with E-state index in [1.54, 1.807) is 11.3 Å². The second-order valence-electron chi connectivity index (χ2n) is 5.71. The van der Waals surface area contributed by atoms with Crippen LogP contribution in [0.25, 0.3) is 0 Å². The molecule has 0 amide bonds. The van der Waals surface area contributed by atoms with Gasteiger partial charge in [0.2, 0.25) is 0 Å². The summed E-state index contributed by atoms with van der Waals surface area (Å²) >= 11 is 5.42. The molecule has 0 saturated heterocycles. The molecule has 2 aromatic rings. The second-order valence-corrected chi connectivity index (χ2v) is 7.67. The van der Waals surface area contributed by atoms with Crippen molar-refractivity contribution in [1.29, 1.82) is 0 Å². The molecule has 1 aliphatic rings. The molecule has 114 valence electrons. The van der Waals surface area contributed by atoms with E-state index in [1.807, 2.05) is 11.7 Å². The Hall–Kier alpha value is -0.650. The van der Waals surface area contributed by atoms with E-state index in [4.69, 9.17) is 0 Å². The topological polar surface area (TPSA) is 38.0 Å². The van der Waals surface area contributed by atoms with Gasteiger partial charge in [-0.1, -0.05) is 6.92 Å². The van der Waals surface area contributed by atoms with Crippen molar-refractivity contribution in [3.63, 3.8) is 0 Å². The van der Waals surface area contributed by atoms with Crippen molar-refractivity contribution in [2.24, 2.45) is 7.05 Å². The molecular formula is C16H21BrN2OS. The molecule has 0 bridgehead atoms. The van der Waals surface area contributed by atoms with E-state index in [2.05, 4.69) is 34.0 Å². The lowest BCUT2D eigenvalue weighted by Crippen LogP contribution is -2.05. The lowest BCUT2D eigenvalue weighted by atomic mass is 9.98. The molecule has 1 N–H and O–H groups in total. The molecule has 3 rings (SSSR count). The minimum atomic E-state index is -0.433. The smallest absolute Gasteiger partial charge is 0.0937 e. The normalized spacial score (nSPS) is 16.0. The highest BCUT2D eigenvalue weighted by molar-refractivity contribution is 9.10. The number of aryl methyl sites for hydroxylation is 4. The van der Waals surface area contributed by atoms with Gasteiger partial charge in [0, 0.05) is 23.2 Å². The van der Waals surface area contributed by atoms with Crippen LogP contribution >= 0.6 is 27.3 Å². The summed E-state index contributed by atoms with van der Waals surface area (Å²) < 4.78 is 2.94. The van der Waals surface area contributed by atoms with E-state index >= 15 is 0 Å². The number of rotatable bonds is 4. The van der Waals surface area contributed by atoms with Crippen LogP contribution in [-0.4, -0.2) is 14.9 Å². The van der Waals surface area contributed by atoms with Crippen LogP contribution in [0.4, 0.5) is 0 Å². The maximum atomic E-state index is 10.6.